The van der Waals surface area contributed by atoms with Gasteiger partial charge in [0.1, 0.15) is 22.7 Å². The van der Waals surface area contributed by atoms with Gasteiger partial charge < -0.3 is 16.0 Å². The zero-order valence-corrected chi connectivity index (χ0v) is 13.4. The van der Waals surface area contributed by atoms with Gasteiger partial charge in [0.05, 0.1) is 11.3 Å². The fourth-order valence-electron chi connectivity index (χ4n) is 2.10. The molecule has 1 unspecified atom stereocenters. The van der Waals surface area contributed by atoms with Gasteiger partial charge in [0.25, 0.3) is 5.91 Å². The lowest BCUT2D eigenvalue weighted by atomic mass is 10.1. The van der Waals surface area contributed by atoms with Gasteiger partial charge in [-0.05, 0) is 12.1 Å². The van der Waals surface area contributed by atoms with Crippen molar-refractivity contribution in [2.24, 2.45) is 10.7 Å². The van der Waals surface area contributed by atoms with Gasteiger partial charge in [0.2, 0.25) is 0 Å². The number of nitrogens with two attached hydrogens (primary N) is 1. The third kappa shape index (κ3) is 3.53. The molecule has 0 bridgehead atoms. The van der Waals surface area contributed by atoms with Gasteiger partial charge in [-0.15, -0.1) is 11.8 Å². The third-order valence-corrected chi connectivity index (χ3v) is 4.39. The molecule has 0 fully saturated rings. The van der Waals surface area contributed by atoms with Gasteiger partial charge in [0, 0.05) is 31.9 Å². The van der Waals surface area contributed by atoms with Crippen LogP contribution in [0.3, 0.4) is 0 Å². The van der Waals surface area contributed by atoms with E-state index in [1.807, 2.05) is 0 Å². The first-order valence-electron chi connectivity index (χ1n) is 6.67. The molecule has 0 saturated carbocycles. The van der Waals surface area contributed by atoms with Crippen molar-refractivity contribution < 1.29 is 13.6 Å². The smallest absolute Gasteiger partial charge is 0.272 e. The molecule has 8 heteroatoms. The number of amides is 1. The van der Waals surface area contributed by atoms with E-state index >= 15 is 0 Å². The van der Waals surface area contributed by atoms with Crippen molar-refractivity contribution in [3.8, 4) is 0 Å². The predicted octanol–water partition coefficient (Wildman–Crippen LogP) is 2.10. The van der Waals surface area contributed by atoms with E-state index in [-0.39, 0.29) is 11.3 Å². The van der Waals surface area contributed by atoms with Crippen LogP contribution in [0.25, 0.3) is 0 Å². The Bertz CT molecular complexity index is 682. The van der Waals surface area contributed by atoms with Crippen molar-refractivity contribution in [3.63, 3.8) is 0 Å². The molecular weight excluding hydrogens is 322 g/mol. The SMILES string of the molecule is CN=CC(=CN)NC(=O)C1=CSC(c2c(F)cccc2F)N1C. The molecule has 23 heavy (non-hydrogen) atoms. The number of hydrogen-bond donors (Lipinski definition) is 2. The Labute approximate surface area is 136 Å². The number of aliphatic imine (C=N–C) groups is 1. The fraction of sp³-hybridized carbons (Fsp3) is 0.200. The minimum absolute atomic E-state index is 0.0799. The summed E-state index contributed by atoms with van der Waals surface area (Å²) in [6, 6.07) is 3.69. The summed E-state index contributed by atoms with van der Waals surface area (Å²) in [5.74, 6) is -1.73. The number of allylic oxidation sites excluding steroid dienone is 1. The fourth-order valence-corrected chi connectivity index (χ4v) is 3.29. The van der Waals surface area contributed by atoms with E-state index in [9.17, 15) is 13.6 Å². The maximum atomic E-state index is 13.9. The summed E-state index contributed by atoms with van der Waals surface area (Å²) in [6.45, 7) is 0. The second-order valence-electron chi connectivity index (χ2n) is 4.70. The van der Waals surface area contributed by atoms with Crippen molar-refractivity contribution in [1.82, 2.24) is 10.2 Å². The molecule has 1 amide bonds. The molecule has 1 aromatic carbocycles. The minimum Gasteiger partial charge on any atom is -0.403 e. The highest BCUT2D eigenvalue weighted by atomic mass is 32.2. The summed E-state index contributed by atoms with van der Waals surface area (Å²) in [6.07, 6.45) is 2.61. The van der Waals surface area contributed by atoms with E-state index in [1.54, 1.807) is 19.5 Å². The lowest BCUT2D eigenvalue weighted by Gasteiger charge is -2.24. The molecule has 1 atom stereocenters. The number of benzene rings is 1. The molecule has 0 spiro atoms. The summed E-state index contributed by atoms with van der Waals surface area (Å²) < 4.78 is 27.8. The maximum Gasteiger partial charge on any atom is 0.272 e. The van der Waals surface area contributed by atoms with Crippen LogP contribution < -0.4 is 11.1 Å². The molecule has 0 radical (unpaired) electrons. The lowest BCUT2D eigenvalue weighted by molar-refractivity contribution is -0.118. The average Bonchev–Trinajstić information content (AvgIpc) is 2.88. The van der Waals surface area contributed by atoms with Crippen LogP contribution in [0.5, 0.6) is 0 Å². The van der Waals surface area contributed by atoms with Crippen molar-refractivity contribution >= 4 is 23.9 Å². The molecule has 0 aliphatic carbocycles. The second-order valence-corrected chi connectivity index (χ2v) is 5.66. The maximum absolute atomic E-state index is 13.9. The Morgan fingerprint density at radius 1 is 1.43 bits per heavy atom. The lowest BCUT2D eigenvalue weighted by Crippen LogP contribution is -2.32. The predicted molar refractivity (Wildman–Crippen MR) is 87.4 cm³/mol. The Hall–Kier alpha value is -2.35. The van der Waals surface area contributed by atoms with Gasteiger partial charge in [-0.25, -0.2) is 8.78 Å². The number of likely N-dealkylation sites (N-methyl/N-ethyl adjacent to an activating group) is 1. The van der Waals surface area contributed by atoms with E-state index in [4.69, 9.17) is 5.73 Å². The molecule has 1 heterocycles. The number of rotatable bonds is 4. The number of carbonyl (C=O) groups excluding carboxylic acids is 1. The highest BCUT2D eigenvalue weighted by Crippen LogP contribution is 2.43. The van der Waals surface area contributed by atoms with Gasteiger partial charge in [0.15, 0.2) is 0 Å². The number of thioether (sulfide) groups is 1. The molecule has 5 nitrogen and oxygen atoms in total. The zero-order chi connectivity index (χ0) is 17.0. The molecule has 1 aliphatic heterocycles. The summed E-state index contributed by atoms with van der Waals surface area (Å²) in [4.78, 5) is 17.5. The van der Waals surface area contributed by atoms with Crippen LogP contribution in [0.1, 0.15) is 10.9 Å². The van der Waals surface area contributed by atoms with Gasteiger partial charge in [-0.2, -0.15) is 0 Å². The summed E-state index contributed by atoms with van der Waals surface area (Å²) in [7, 11) is 3.14. The molecule has 122 valence electrons. The van der Waals surface area contributed by atoms with Gasteiger partial charge >= 0.3 is 0 Å². The zero-order valence-electron chi connectivity index (χ0n) is 12.6. The largest absolute Gasteiger partial charge is 0.403 e. The standard InChI is InChI=1S/C15H16F2N4OS/c1-19-7-9(6-18)20-14(22)12-8-23-15(21(12)2)13-10(16)4-3-5-11(13)17/h3-8,15H,18H2,1-2H3,(H,20,22). The summed E-state index contributed by atoms with van der Waals surface area (Å²) in [5.41, 5.74) is 5.93. The Morgan fingerprint density at radius 3 is 2.65 bits per heavy atom. The number of carbonyl (C=O) groups is 1. The summed E-state index contributed by atoms with van der Waals surface area (Å²) in [5, 5.41) is 3.49. The second kappa shape index (κ2) is 7.28. The Balaban J connectivity index is 2.18. The van der Waals surface area contributed by atoms with Crippen LogP contribution in [0.15, 0.2) is 46.2 Å². The third-order valence-electron chi connectivity index (χ3n) is 3.23. The van der Waals surface area contributed by atoms with Crippen molar-refractivity contribution in [3.05, 3.63) is 58.4 Å². The topological polar surface area (TPSA) is 70.7 Å². The van der Waals surface area contributed by atoms with E-state index in [0.717, 1.165) is 11.8 Å². The van der Waals surface area contributed by atoms with Crippen molar-refractivity contribution in [2.45, 2.75) is 5.37 Å². The van der Waals surface area contributed by atoms with Crippen LogP contribution in [0.4, 0.5) is 8.78 Å². The average molecular weight is 338 g/mol. The van der Waals surface area contributed by atoms with Crippen LogP contribution in [-0.2, 0) is 4.79 Å². The Morgan fingerprint density at radius 2 is 2.09 bits per heavy atom. The van der Waals surface area contributed by atoms with Crippen molar-refractivity contribution in [1.29, 1.82) is 0 Å². The van der Waals surface area contributed by atoms with Gasteiger partial charge in [-0.3, -0.25) is 9.79 Å². The number of hydrogen-bond acceptors (Lipinski definition) is 5. The van der Waals surface area contributed by atoms with E-state index in [2.05, 4.69) is 10.3 Å². The molecule has 1 aromatic rings. The first-order valence-corrected chi connectivity index (χ1v) is 7.61. The molecule has 0 saturated heterocycles. The molecule has 0 aromatic heterocycles. The highest BCUT2D eigenvalue weighted by Gasteiger charge is 2.32. The van der Waals surface area contributed by atoms with Crippen molar-refractivity contribution in [2.75, 3.05) is 14.1 Å². The molecule has 1 aliphatic rings. The van der Waals surface area contributed by atoms with E-state index < -0.39 is 22.9 Å². The first kappa shape index (κ1) is 17.0. The van der Waals surface area contributed by atoms with Crippen LogP contribution in [0, 0.1) is 11.6 Å². The van der Waals surface area contributed by atoms with E-state index in [1.165, 1.54) is 35.5 Å². The van der Waals surface area contributed by atoms with E-state index in [0.29, 0.717) is 5.70 Å². The normalized spacial score (nSPS) is 18.4. The van der Waals surface area contributed by atoms with Crippen LogP contribution in [-0.4, -0.2) is 31.1 Å². The van der Waals surface area contributed by atoms with Gasteiger partial charge in [-0.1, -0.05) is 6.07 Å². The number of nitrogens with one attached hydrogen (secondary N) is 1. The highest BCUT2D eigenvalue weighted by molar-refractivity contribution is 8.02. The number of halogens is 2. The molecule has 3 N–H and O–H groups in total. The quantitative estimate of drug-likeness (QED) is 0.825. The van der Waals surface area contributed by atoms with Crippen LogP contribution in [0.2, 0.25) is 0 Å². The Kier molecular flexibility index (Phi) is 5.38. The summed E-state index contributed by atoms with van der Waals surface area (Å²) >= 11 is 1.16. The van der Waals surface area contributed by atoms with Crippen LogP contribution >= 0.6 is 11.8 Å². The monoisotopic (exact) mass is 338 g/mol. The molecular formula is C15H16F2N4OS. The molecule has 2 rings (SSSR count). The number of nitrogens with zero attached hydrogens (tertiary/aromatic N) is 2. The minimum atomic E-state index is -0.651. The first-order chi connectivity index (χ1) is 11.0.